The van der Waals surface area contributed by atoms with Gasteiger partial charge < -0.3 is 0 Å². The molecule has 0 heterocycles. The van der Waals surface area contributed by atoms with Crippen molar-refractivity contribution in [2.45, 2.75) is 95.4 Å². The lowest BCUT2D eigenvalue weighted by atomic mass is 9.91. The second-order valence-electron chi connectivity index (χ2n) is 5.62. The third kappa shape index (κ3) is 38.0. The number of allylic oxidation sites excluding steroid dienone is 10. The van der Waals surface area contributed by atoms with Gasteiger partial charge in [-0.05, 0) is 44.9 Å². The largest absolute Gasteiger partial charge is 0.0976 e. The van der Waals surface area contributed by atoms with Crippen molar-refractivity contribution < 1.29 is 0 Å². The summed E-state index contributed by atoms with van der Waals surface area (Å²) < 4.78 is 0. The van der Waals surface area contributed by atoms with Crippen LogP contribution in [0.15, 0.2) is 72.4 Å². The van der Waals surface area contributed by atoms with E-state index in [0.29, 0.717) is 16.9 Å². The maximum atomic E-state index is 5.83. The third-order valence-electron chi connectivity index (χ3n) is 3.32. The summed E-state index contributed by atoms with van der Waals surface area (Å²) in [6, 6.07) is 0. The van der Waals surface area contributed by atoms with Crippen molar-refractivity contribution in [1.82, 2.24) is 0 Å². The van der Waals surface area contributed by atoms with E-state index in [1.165, 1.54) is 5.57 Å². The molecule has 0 saturated heterocycles. The van der Waals surface area contributed by atoms with Crippen molar-refractivity contribution in [2.75, 3.05) is 0 Å². The zero-order chi connectivity index (χ0) is 24.1. The molecule has 0 radical (unpaired) electrons. The number of rotatable bonds is 9. The first-order valence-corrected chi connectivity index (χ1v) is 11.9. The lowest BCUT2D eigenvalue weighted by molar-refractivity contribution is 0.530. The van der Waals surface area contributed by atoms with Crippen molar-refractivity contribution in [1.29, 1.82) is 0 Å². The Labute approximate surface area is 191 Å². The van der Waals surface area contributed by atoms with Crippen molar-refractivity contribution in [3.05, 3.63) is 72.4 Å². The molecule has 0 aromatic heterocycles. The predicted octanol–water partition coefficient (Wildman–Crippen LogP) is 11.1. The van der Waals surface area contributed by atoms with Gasteiger partial charge in [0.05, 0.1) is 0 Å². The Kier molecular flexibility index (Phi) is 49.6. The topological polar surface area (TPSA) is 0 Å². The fourth-order valence-corrected chi connectivity index (χ4v) is 2.07. The quantitative estimate of drug-likeness (QED) is 0.255. The van der Waals surface area contributed by atoms with Gasteiger partial charge >= 0.3 is 0 Å². The van der Waals surface area contributed by atoms with E-state index in [9.17, 15) is 0 Å². The summed E-state index contributed by atoms with van der Waals surface area (Å²) in [5.74, 6) is 1.08. The van der Waals surface area contributed by atoms with Gasteiger partial charge in [0.2, 0.25) is 0 Å². The zero-order valence-electron chi connectivity index (χ0n) is 21.7. The molecular formula is C28H53Cl. The highest BCUT2D eigenvalue weighted by molar-refractivity contribution is 6.31. The second kappa shape index (κ2) is 37.5. The monoisotopic (exact) mass is 424 g/mol. The van der Waals surface area contributed by atoms with Crippen LogP contribution in [-0.4, -0.2) is 0 Å². The van der Waals surface area contributed by atoms with Gasteiger partial charge in [0.25, 0.3) is 0 Å². The van der Waals surface area contributed by atoms with Crippen LogP contribution in [0.5, 0.6) is 0 Å². The minimum absolute atomic E-state index is 0.521. The van der Waals surface area contributed by atoms with E-state index in [4.69, 9.17) is 11.6 Å². The van der Waals surface area contributed by atoms with Crippen molar-refractivity contribution in [2.24, 2.45) is 11.8 Å². The highest BCUT2D eigenvalue weighted by Gasteiger charge is 2.07. The summed E-state index contributed by atoms with van der Waals surface area (Å²) in [5, 5.41) is 0.710. The summed E-state index contributed by atoms with van der Waals surface area (Å²) in [4.78, 5) is 0. The van der Waals surface area contributed by atoms with Crippen LogP contribution in [0, 0.1) is 11.8 Å². The Hall–Kier alpha value is -1.27. The van der Waals surface area contributed by atoms with Gasteiger partial charge in [-0.3, -0.25) is 0 Å². The lowest BCUT2D eigenvalue weighted by Crippen LogP contribution is -2.02. The summed E-state index contributed by atoms with van der Waals surface area (Å²) in [6.07, 6.45) is 19.5. The summed E-state index contributed by atoms with van der Waals surface area (Å²) >= 11 is 5.83. The van der Waals surface area contributed by atoms with Gasteiger partial charge in [0.1, 0.15) is 0 Å². The average molecular weight is 425 g/mol. The van der Waals surface area contributed by atoms with Crippen LogP contribution in [0.1, 0.15) is 95.4 Å². The number of halogens is 1. The normalized spacial score (nSPS) is 12.3. The lowest BCUT2D eigenvalue weighted by Gasteiger charge is -2.14. The third-order valence-corrected chi connectivity index (χ3v) is 3.63. The van der Waals surface area contributed by atoms with Crippen molar-refractivity contribution >= 4 is 11.6 Å². The molecule has 1 unspecified atom stereocenters. The van der Waals surface area contributed by atoms with E-state index in [1.54, 1.807) is 6.08 Å². The molecule has 0 saturated carbocycles. The van der Waals surface area contributed by atoms with Crippen LogP contribution in [0.4, 0.5) is 0 Å². The van der Waals surface area contributed by atoms with Crippen molar-refractivity contribution in [3.63, 3.8) is 0 Å². The van der Waals surface area contributed by atoms with Crippen LogP contribution in [0.3, 0.4) is 0 Å². The molecule has 2 atom stereocenters. The van der Waals surface area contributed by atoms with E-state index < -0.39 is 0 Å². The molecule has 0 amide bonds. The van der Waals surface area contributed by atoms with Gasteiger partial charge in [-0.1, -0.05) is 141 Å². The summed E-state index contributed by atoms with van der Waals surface area (Å²) in [6.45, 7) is 30.3. The van der Waals surface area contributed by atoms with Crippen LogP contribution >= 0.6 is 11.6 Å². The molecule has 29 heavy (non-hydrogen) atoms. The molecule has 0 aromatic rings. The molecule has 1 heteroatoms. The maximum Gasteiger partial charge on any atom is 0.0363 e. The van der Waals surface area contributed by atoms with E-state index in [-0.39, 0.29) is 0 Å². The van der Waals surface area contributed by atoms with E-state index >= 15 is 0 Å². The molecular weight excluding hydrogens is 372 g/mol. The van der Waals surface area contributed by atoms with Crippen LogP contribution in [0.2, 0.25) is 0 Å². The molecule has 0 aromatic carbocycles. The van der Waals surface area contributed by atoms with E-state index in [2.05, 4.69) is 64.3 Å². The zero-order valence-corrected chi connectivity index (χ0v) is 22.4. The smallest absolute Gasteiger partial charge is 0.0363 e. The molecule has 0 rings (SSSR count). The van der Waals surface area contributed by atoms with Crippen LogP contribution in [0.25, 0.3) is 0 Å². The molecule has 0 aliphatic rings. The molecule has 0 aliphatic carbocycles. The highest BCUT2D eigenvalue weighted by atomic mass is 35.5. The fraction of sp³-hybridized carbons (Fsp3) is 0.571. The van der Waals surface area contributed by atoms with Crippen molar-refractivity contribution in [3.8, 4) is 0 Å². The Morgan fingerprint density at radius 1 is 0.931 bits per heavy atom. The Morgan fingerprint density at radius 3 is 1.79 bits per heavy atom. The first-order valence-electron chi connectivity index (χ1n) is 11.5. The summed E-state index contributed by atoms with van der Waals surface area (Å²) in [5.41, 5.74) is 1.20. The average Bonchev–Trinajstić information content (AvgIpc) is 2.76. The second-order valence-corrected chi connectivity index (χ2v) is 6.06. The number of hydrogen-bond acceptors (Lipinski definition) is 0. The standard InChI is InChI=1S/C17H25Cl.C5H10.3C2H6/c1-6-10-15(4)16(5)13-14(3)11-8-9-12-17(18)7-2;1-3-5-4-2;3*1-2/h6-8,10-12,14,16H,2,4,9,13H2,1,3,5H3;3,5H,4H2,1-2H3;3*1-2H3/b10-6-,11-8?,17-12+;5-3-;;;/t14?,16-;;;;/m1..../s1. The first kappa shape index (κ1) is 38.3. The van der Waals surface area contributed by atoms with Gasteiger partial charge in [0.15, 0.2) is 0 Å². The Morgan fingerprint density at radius 2 is 1.45 bits per heavy atom. The van der Waals surface area contributed by atoms with E-state index in [0.717, 1.165) is 19.3 Å². The van der Waals surface area contributed by atoms with Crippen LogP contribution < -0.4 is 0 Å². The molecule has 0 bridgehead atoms. The molecule has 0 nitrogen and oxygen atoms in total. The maximum absolute atomic E-state index is 5.83. The first-order chi connectivity index (χ1) is 13.9. The highest BCUT2D eigenvalue weighted by Crippen LogP contribution is 2.20. The summed E-state index contributed by atoms with van der Waals surface area (Å²) in [7, 11) is 0. The Bertz CT molecular complexity index is 422. The molecule has 0 fully saturated rings. The van der Waals surface area contributed by atoms with Gasteiger partial charge in [0, 0.05) is 5.03 Å². The van der Waals surface area contributed by atoms with E-state index in [1.807, 2.05) is 67.5 Å². The predicted molar refractivity (Wildman–Crippen MR) is 144 cm³/mol. The van der Waals surface area contributed by atoms with Gasteiger partial charge in [-0.15, -0.1) is 0 Å². The molecule has 172 valence electrons. The minimum Gasteiger partial charge on any atom is -0.0976 e. The molecule has 0 N–H and O–H groups in total. The fourth-order valence-electron chi connectivity index (χ4n) is 1.98. The van der Waals surface area contributed by atoms with Gasteiger partial charge in [-0.2, -0.15) is 0 Å². The SMILES string of the molecule is C/C=C\CC.C=C/C(Cl)=C\CC=CC(C)C[C@@H](C)C(=C)/C=C\C.CC.CC.CC. The van der Waals surface area contributed by atoms with Gasteiger partial charge in [-0.25, -0.2) is 0 Å². The van der Waals surface area contributed by atoms with Crippen LogP contribution in [-0.2, 0) is 0 Å². The number of hydrogen-bond donors (Lipinski definition) is 0. The molecule has 0 spiro atoms. The Balaban J connectivity index is -0.000000146. The minimum atomic E-state index is 0.521. The molecule has 0 aliphatic heterocycles.